The normalized spacial score (nSPS) is 25.0. The van der Waals surface area contributed by atoms with Gasteiger partial charge in [0.05, 0.1) is 29.8 Å². The van der Waals surface area contributed by atoms with Gasteiger partial charge in [0.2, 0.25) is 0 Å². The molecule has 0 aliphatic carbocycles. The van der Waals surface area contributed by atoms with E-state index in [0.717, 1.165) is 25.7 Å². The third kappa shape index (κ3) is 3.70. The summed E-state index contributed by atoms with van der Waals surface area (Å²) in [4.78, 5) is 10.7. The van der Waals surface area contributed by atoms with Crippen molar-refractivity contribution in [3.63, 3.8) is 0 Å². The lowest BCUT2D eigenvalue weighted by Gasteiger charge is -2.46. The number of halogens is 2. The zero-order chi connectivity index (χ0) is 22.4. The van der Waals surface area contributed by atoms with Crippen LogP contribution in [0.5, 0.6) is 5.75 Å². The van der Waals surface area contributed by atoms with Crippen molar-refractivity contribution in [1.82, 2.24) is 25.1 Å². The molecule has 2 bridgehead atoms. The second-order valence-corrected chi connectivity index (χ2v) is 8.74. The Morgan fingerprint density at radius 2 is 2.00 bits per heavy atom. The molecule has 0 radical (unpaired) electrons. The molecule has 2 aliphatic heterocycles. The number of anilines is 1. The van der Waals surface area contributed by atoms with Crippen molar-refractivity contribution in [3.05, 3.63) is 42.6 Å². The summed E-state index contributed by atoms with van der Waals surface area (Å²) in [5.41, 5.74) is 1.22. The lowest BCUT2D eigenvalue weighted by Crippen LogP contribution is -2.61. The summed E-state index contributed by atoms with van der Waals surface area (Å²) in [7, 11) is 3.58. The van der Waals surface area contributed by atoms with Crippen LogP contribution in [-0.2, 0) is 7.05 Å². The van der Waals surface area contributed by atoms with Gasteiger partial charge in [-0.1, -0.05) is 6.42 Å². The smallest absolute Gasteiger partial charge is 0.147 e. The summed E-state index contributed by atoms with van der Waals surface area (Å²) in [6.45, 7) is 0. The number of hydrogen-bond acceptors (Lipinski definition) is 6. The van der Waals surface area contributed by atoms with Crippen LogP contribution in [0.1, 0.15) is 25.7 Å². The molecule has 2 aliphatic rings. The molecule has 2 aromatic heterocycles. The maximum absolute atomic E-state index is 15.0. The van der Waals surface area contributed by atoms with Gasteiger partial charge in [-0.2, -0.15) is 5.10 Å². The number of nitrogens with zero attached hydrogens (tertiary/aromatic N) is 5. The van der Waals surface area contributed by atoms with Crippen molar-refractivity contribution in [2.24, 2.45) is 7.05 Å². The number of fused-ring (bicyclic) bond motifs is 2. The van der Waals surface area contributed by atoms with Crippen LogP contribution >= 0.6 is 0 Å². The van der Waals surface area contributed by atoms with Crippen molar-refractivity contribution < 1.29 is 13.9 Å². The van der Waals surface area contributed by atoms with Gasteiger partial charge in [0.1, 0.15) is 23.6 Å². The van der Waals surface area contributed by atoms with Crippen molar-refractivity contribution in [2.75, 3.05) is 11.9 Å². The van der Waals surface area contributed by atoms with Gasteiger partial charge in [0.25, 0.3) is 0 Å². The first-order valence-corrected chi connectivity index (χ1v) is 10.9. The third-order valence-electron chi connectivity index (χ3n) is 6.64. The average Bonchev–Trinajstić information content (AvgIpc) is 3.23. The van der Waals surface area contributed by atoms with Gasteiger partial charge in [0.15, 0.2) is 0 Å². The number of benzene rings is 1. The number of phenolic OH excluding ortho intramolecular Hbond substituents is 1. The topological polar surface area (TPSA) is 79.1 Å². The van der Waals surface area contributed by atoms with Crippen LogP contribution in [0.25, 0.3) is 22.5 Å². The van der Waals surface area contributed by atoms with Gasteiger partial charge in [-0.05, 0) is 37.5 Å². The van der Waals surface area contributed by atoms with Crippen molar-refractivity contribution in [2.45, 2.75) is 50.0 Å². The number of aryl methyl sites for hydroxylation is 1. The Morgan fingerprint density at radius 3 is 2.72 bits per heavy atom. The summed E-state index contributed by atoms with van der Waals surface area (Å²) in [6, 6.07) is 4.21. The number of rotatable bonds is 4. The average molecular weight is 440 g/mol. The van der Waals surface area contributed by atoms with Crippen LogP contribution in [0, 0.1) is 5.82 Å². The van der Waals surface area contributed by atoms with Crippen molar-refractivity contribution in [3.8, 4) is 28.3 Å². The van der Waals surface area contributed by atoms with E-state index in [0.29, 0.717) is 23.2 Å². The summed E-state index contributed by atoms with van der Waals surface area (Å²) in [5.74, 6) is -0.0788. The minimum atomic E-state index is -0.977. The van der Waals surface area contributed by atoms with Crippen LogP contribution in [0.4, 0.5) is 14.6 Å². The molecule has 2 N–H and O–H groups in total. The summed E-state index contributed by atoms with van der Waals surface area (Å²) in [6.07, 6.45) is 7.46. The van der Waals surface area contributed by atoms with E-state index in [9.17, 15) is 9.50 Å². The Balaban J connectivity index is 1.38. The molecule has 0 amide bonds. The Bertz CT molecular complexity index is 1120. The zero-order valence-corrected chi connectivity index (χ0v) is 18.0. The lowest BCUT2D eigenvalue weighted by molar-refractivity contribution is 0.107. The second-order valence-electron chi connectivity index (χ2n) is 8.74. The molecule has 7 nitrogen and oxygen atoms in total. The molecule has 2 fully saturated rings. The molecular formula is C23H26F2N6O. The number of piperidine rings is 2. The highest BCUT2D eigenvalue weighted by Gasteiger charge is 2.41. The highest BCUT2D eigenvalue weighted by molar-refractivity contribution is 5.73. The molecule has 32 heavy (non-hydrogen) atoms. The first-order valence-electron chi connectivity index (χ1n) is 10.9. The van der Waals surface area contributed by atoms with E-state index in [1.807, 2.05) is 11.9 Å². The number of nitrogens with one attached hydrogen (secondary N) is 1. The van der Waals surface area contributed by atoms with E-state index >= 15 is 4.39 Å². The molecule has 0 spiro atoms. The fraction of sp³-hybridized carbons (Fsp3) is 0.435. The Labute approximate surface area is 185 Å². The molecule has 2 saturated heterocycles. The zero-order valence-electron chi connectivity index (χ0n) is 18.0. The largest absolute Gasteiger partial charge is 0.507 e. The number of hydrogen-bond donors (Lipinski definition) is 2. The number of phenols is 1. The van der Waals surface area contributed by atoms with Crippen LogP contribution < -0.4 is 10.2 Å². The first-order chi connectivity index (χ1) is 15.4. The van der Waals surface area contributed by atoms with E-state index in [4.69, 9.17) is 0 Å². The maximum Gasteiger partial charge on any atom is 0.147 e. The van der Waals surface area contributed by atoms with Crippen molar-refractivity contribution >= 4 is 5.82 Å². The minimum Gasteiger partial charge on any atom is -0.507 e. The Kier molecular flexibility index (Phi) is 5.28. The molecule has 0 saturated carbocycles. The quantitative estimate of drug-likeness (QED) is 0.647. The van der Waals surface area contributed by atoms with Gasteiger partial charge in [-0.25, -0.2) is 13.8 Å². The van der Waals surface area contributed by atoms with E-state index in [2.05, 4.69) is 20.4 Å². The number of alkyl halides is 1. The SMILES string of the molecule is CN(c1cnc(-c2cc(F)c(-c3ccn(C)n3)cc2O)cn1)[C@H]1CC2CCCC(N2)[C@H]1F. The minimum absolute atomic E-state index is 0.111. The number of aromatic nitrogens is 4. The summed E-state index contributed by atoms with van der Waals surface area (Å²) >= 11 is 0. The van der Waals surface area contributed by atoms with Crippen molar-refractivity contribution in [1.29, 1.82) is 0 Å². The van der Waals surface area contributed by atoms with Gasteiger partial charge >= 0.3 is 0 Å². The van der Waals surface area contributed by atoms with E-state index in [1.54, 1.807) is 30.2 Å². The predicted octanol–water partition coefficient (Wildman–Crippen LogP) is 3.45. The van der Waals surface area contributed by atoms with E-state index in [-0.39, 0.29) is 29.0 Å². The number of aromatic hydroxyl groups is 1. The molecule has 9 heteroatoms. The monoisotopic (exact) mass is 440 g/mol. The predicted molar refractivity (Wildman–Crippen MR) is 118 cm³/mol. The van der Waals surface area contributed by atoms with Gasteiger partial charge < -0.3 is 15.3 Å². The van der Waals surface area contributed by atoms with Crippen LogP contribution in [0.3, 0.4) is 0 Å². The second kappa shape index (κ2) is 8.12. The highest BCUT2D eigenvalue weighted by Crippen LogP contribution is 2.35. The fourth-order valence-electron chi connectivity index (χ4n) is 4.89. The molecule has 3 aromatic rings. The fourth-order valence-corrected chi connectivity index (χ4v) is 4.89. The van der Waals surface area contributed by atoms with Gasteiger partial charge in [-0.3, -0.25) is 9.67 Å². The van der Waals surface area contributed by atoms with E-state index < -0.39 is 12.0 Å². The summed E-state index contributed by atoms with van der Waals surface area (Å²) in [5, 5.41) is 18.1. The van der Waals surface area contributed by atoms with E-state index in [1.165, 1.54) is 18.3 Å². The molecule has 2 unspecified atom stereocenters. The highest BCUT2D eigenvalue weighted by atomic mass is 19.1. The summed E-state index contributed by atoms with van der Waals surface area (Å²) < 4.78 is 31.4. The first kappa shape index (κ1) is 20.8. The van der Waals surface area contributed by atoms with Crippen LogP contribution in [0.2, 0.25) is 0 Å². The van der Waals surface area contributed by atoms with Crippen LogP contribution in [-0.4, -0.2) is 56.2 Å². The molecule has 168 valence electrons. The maximum atomic E-state index is 15.0. The third-order valence-corrected chi connectivity index (χ3v) is 6.64. The molecule has 1 aromatic carbocycles. The standard InChI is InChI=1S/C23H26F2N6O/c1-30-7-6-17(29-30)14-10-21(32)15(9-16(14)24)19-11-27-22(12-26-19)31(2)20-8-13-4-3-5-18(28-13)23(20)25/h6-7,9-13,18,20,23,28,32H,3-5,8H2,1-2H3/t13?,18?,20-,23+/m0/s1. The Hall–Kier alpha value is -3.07. The lowest BCUT2D eigenvalue weighted by atomic mass is 9.82. The van der Waals surface area contributed by atoms with Gasteiger partial charge in [-0.15, -0.1) is 0 Å². The van der Waals surface area contributed by atoms with Gasteiger partial charge in [0, 0.05) is 43.5 Å². The molecule has 5 rings (SSSR count). The van der Waals surface area contributed by atoms with Crippen LogP contribution in [0.15, 0.2) is 36.8 Å². The molecule has 4 atom stereocenters. The molecular weight excluding hydrogens is 414 g/mol. The Morgan fingerprint density at radius 1 is 1.16 bits per heavy atom. The molecule has 4 heterocycles.